The molecule has 0 N–H and O–H groups in total. The fraction of sp³-hybridized carbons (Fsp3) is 0. The molecule has 0 radical (unpaired) electrons. The molecule has 0 saturated heterocycles. The Kier molecular flexibility index (Phi) is 6.54. The van der Waals surface area contributed by atoms with Crippen molar-refractivity contribution in [3.8, 4) is 44.5 Å². The van der Waals surface area contributed by atoms with Crippen molar-refractivity contribution >= 4 is 86.2 Å². The number of rotatable bonds is 4. The molecule has 0 saturated carbocycles. The molecule has 0 aliphatic rings. The summed E-state index contributed by atoms with van der Waals surface area (Å²) in [4.78, 5) is 0. The number of hydrogen-bond acceptors (Lipinski definition) is 0. The van der Waals surface area contributed by atoms with Crippen molar-refractivity contribution in [1.29, 1.82) is 0 Å². The Morgan fingerprint density at radius 3 is 0.724 bits per heavy atom. The Bertz CT molecular complexity index is 3480. The highest BCUT2D eigenvalue weighted by Crippen LogP contribution is 2.49. The van der Waals surface area contributed by atoms with Gasteiger partial charge in [0.15, 0.2) is 0 Å². The van der Waals surface area contributed by atoms with Gasteiger partial charge in [-0.1, -0.05) is 158 Å². The summed E-state index contributed by atoms with van der Waals surface area (Å²) in [7, 11) is 0. The maximum absolute atomic E-state index is 2.51. The topological polar surface area (TPSA) is 0 Å². The van der Waals surface area contributed by atoms with E-state index in [9.17, 15) is 0 Å². The second-order valence-corrected chi connectivity index (χ2v) is 16.0. The van der Waals surface area contributed by atoms with E-state index >= 15 is 0 Å². The van der Waals surface area contributed by atoms with Crippen LogP contribution < -0.4 is 0 Å². The fourth-order valence-corrected chi connectivity index (χ4v) is 10.2. The van der Waals surface area contributed by atoms with Gasteiger partial charge in [-0.3, -0.25) is 0 Å². The third-order valence-corrected chi connectivity index (χ3v) is 12.9. The minimum Gasteiger partial charge on any atom is -0.0622 e. The second-order valence-electron chi connectivity index (χ2n) is 16.0. The molecule has 0 spiro atoms. The van der Waals surface area contributed by atoms with Crippen LogP contribution in [0.4, 0.5) is 0 Å². The molecule has 0 heterocycles. The van der Waals surface area contributed by atoms with Gasteiger partial charge in [0.1, 0.15) is 0 Å². The van der Waals surface area contributed by atoms with Crippen molar-refractivity contribution in [1.82, 2.24) is 0 Å². The normalized spacial score (nSPS) is 12.1. The summed E-state index contributed by atoms with van der Waals surface area (Å²) >= 11 is 0. The highest BCUT2D eigenvalue weighted by atomic mass is 14.2. The second kappa shape index (κ2) is 12.0. The molecular weight excluding hydrogens is 697 g/mol. The van der Waals surface area contributed by atoms with Gasteiger partial charge in [0, 0.05) is 0 Å². The molecule has 0 unspecified atom stereocenters. The summed E-state index contributed by atoms with van der Waals surface area (Å²) in [6, 6.07) is 77.0. The maximum Gasteiger partial charge on any atom is -0.00195 e. The predicted molar refractivity (Wildman–Crippen MR) is 251 cm³/mol. The molecule has 13 aromatic carbocycles. The quantitative estimate of drug-likeness (QED) is 0.158. The van der Waals surface area contributed by atoms with Gasteiger partial charge in [-0.25, -0.2) is 0 Å². The maximum atomic E-state index is 2.51. The van der Waals surface area contributed by atoms with Crippen LogP contribution in [0.3, 0.4) is 0 Å². The highest BCUT2D eigenvalue weighted by Gasteiger charge is 2.21. The van der Waals surface area contributed by atoms with Gasteiger partial charge in [0.05, 0.1) is 0 Å². The molecule has 0 atom stereocenters. The van der Waals surface area contributed by atoms with Gasteiger partial charge >= 0.3 is 0 Å². The predicted octanol–water partition coefficient (Wildman–Crippen LogP) is 16.5. The largest absolute Gasteiger partial charge is 0.0622 e. The molecule has 0 bridgehead atoms. The van der Waals surface area contributed by atoms with Gasteiger partial charge in [0.25, 0.3) is 0 Å². The van der Waals surface area contributed by atoms with Crippen molar-refractivity contribution in [3.05, 3.63) is 206 Å². The SMILES string of the molecule is c1ccc(-c2ccc3c(c2)c2cc(-c4ccccc4)cc4c5ccc6c(cc7c8ccc(-c9ccccc9)cc8c8cc(-c9ccccc9)cc6c87)c5cc3c42)cc1. The van der Waals surface area contributed by atoms with Gasteiger partial charge < -0.3 is 0 Å². The molecule has 0 aromatic heterocycles. The van der Waals surface area contributed by atoms with E-state index in [4.69, 9.17) is 0 Å². The van der Waals surface area contributed by atoms with E-state index in [1.54, 1.807) is 0 Å². The first-order valence-corrected chi connectivity index (χ1v) is 20.2. The molecule has 13 rings (SSSR count). The van der Waals surface area contributed by atoms with Crippen LogP contribution in [0, 0.1) is 0 Å². The molecular formula is C58H34. The van der Waals surface area contributed by atoms with E-state index in [0.717, 1.165) is 0 Å². The van der Waals surface area contributed by atoms with Crippen LogP contribution in [-0.2, 0) is 0 Å². The van der Waals surface area contributed by atoms with Crippen LogP contribution in [-0.4, -0.2) is 0 Å². The minimum absolute atomic E-state index is 1.24. The molecule has 0 heteroatoms. The van der Waals surface area contributed by atoms with E-state index in [1.165, 1.54) is 131 Å². The van der Waals surface area contributed by atoms with E-state index in [-0.39, 0.29) is 0 Å². The summed E-state index contributed by atoms with van der Waals surface area (Å²) in [5.41, 5.74) is 9.93. The van der Waals surface area contributed by atoms with Gasteiger partial charge in [0.2, 0.25) is 0 Å². The van der Waals surface area contributed by atoms with E-state index < -0.39 is 0 Å². The van der Waals surface area contributed by atoms with Crippen LogP contribution in [0.2, 0.25) is 0 Å². The zero-order valence-corrected chi connectivity index (χ0v) is 31.6. The van der Waals surface area contributed by atoms with Crippen LogP contribution in [0.25, 0.3) is 131 Å². The highest BCUT2D eigenvalue weighted by molar-refractivity contribution is 6.41. The third-order valence-electron chi connectivity index (χ3n) is 12.9. The average molecular weight is 731 g/mol. The Morgan fingerprint density at radius 1 is 0.138 bits per heavy atom. The lowest BCUT2D eigenvalue weighted by molar-refractivity contribution is 1.65. The summed E-state index contributed by atoms with van der Waals surface area (Å²) in [5.74, 6) is 0. The third kappa shape index (κ3) is 4.52. The van der Waals surface area contributed by atoms with Crippen molar-refractivity contribution in [2.75, 3.05) is 0 Å². The van der Waals surface area contributed by atoms with Crippen LogP contribution in [0.5, 0.6) is 0 Å². The molecule has 0 fully saturated rings. The van der Waals surface area contributed by atoms with Crippen LogP contribution >= 0.6 is 0 Å². The van der Waals surface area contributed by atoms with Gasteiger partial charge in [-0.2, -0.15) is 0 Å². The van der Waals surface area contributed by atoms with Crippen molar-refractivity contribution in [3.63, 3.8) is 0 Å². The average Bonchev–Trinajstić information content (AvgIpc) is 3.79. The molecule has 13 aromatic rings. The Morgan fingerprint density at radius 2 is 0.379 bits per heavy atom. The van der Waals surface area contributed by atoms with Crippen LogP contribution in [0.1, 0.15) is 0 Å². The lowest BCUT2D eigenvalue weighted by Gasteiger charge is -2.14. The van der Waals surface area contributed by atoms with E-state index in [2.05, 4.69) is 206 Å². The lowest BCUT2D eigenvalue weighted by atomic mass is 9.89. The Balaban J connectivity index is 1.18. The Labute approximate surface area is 335 Å². The molecule has 0 aliphatic carbocycles. The minimum atomic E-state index is 1.24. The zero-order chi connectivity index (χ0) is 37.9. The van der Waals surface area contributed by atoms with Crippen molar-refractivity contribution in [2.45, 2.75) is 0 Å². The number of benzene rings is 11. The molecule has 58 heavy (non-hydrogen) atoms. The van der Waals surface area contributed by atoms with E-state index in [1.807, 2.05) is 0 Å². The van der Waals surface area contributed by atoms with Gasteiger partial charge in [-0.05, 0) is 179 Å². The van der Waals surface area contributed by atoms with Crippen LogP contribution in [0.15, 0.2) is 206 Å². The fourth-order valence-electron chi connectivity index (χ4n) is 10.2. The summed E-state index contributed by atoms with van der Waals surface area (Å²) < 4.78 is 0. The summed E-state index contributed by atoms with van der Waals surface area (Å²) in [6.07, 6.45) is 0. The standard InChI is InChI=1S/C58H34/c1-5-13-35(14-6-1)39-21-23-43-47(27-39)53-31-41(37-17-9-3-10-18-37)29-51-45-25-26-46-50(49(45)33-55(43)57(51)53)34-56-44-24-22-40(36-15-7-2-8-16-36)28-48(44)54-32-42(30-52(46)58(54)56)38-19-11-4-12-20-38/h1-34H. The number of fused-ring (bicyclic) bond motifs is 11. The monoisotopic (exact) mass is 730 g/mol. The first-order chi connectivity index (χ1) is 28.7. The molecule has 0 nitrogen and oxygen atoms in total. The van der Waals surface area contributed by atoms with Crippen molar-refractivity contribution in [2.24, 2.45) is 0 Å². The molecule has 0 amide bonds. The van der Waals surface area contributed by atoms with Crippen molar-refractivity contribution < 1.29 is 0 Å². The summed E-state index contributed by atoms with van der Waals surface area (Å²) in [6.45, 7) is 0. The lowest BCUT2D eigenvalue weighted by Crippen LogP contribution is -1.86. The molecule has 266 valence electrons. The van der Waals surface area contributed by atoms with E-state index in [0.29, 0.717) is 0 Å². The first-order valence-electron chi connectivity index (χ1n) is 20.2. The summed E-state index contributed by atoms with van der Waals surface area (Å²) in [5, 5.41) is 21.0. The zero-order valence-electron chi connectivity index (χ0n) is 31.6. The molecule has 0 aliphatic heterocycles. The number of hydrogen-bond donors (Lipinski definition) is 0. The van der Waals surface area contributed by atoms with Gasteiger partial charge in [-0.15, -0.1) is 0 Å². The first kappa shape index (κ1) is 31.6. The Hall–Kier alpha value is -7.54. The smallest absolute Gasteiger partial charge is 0.00195 e.